The van der Waals surface area contributed by atoms with E-state index in [9.17, 15) is 4.79 Å². The molecule has 0 bridgehead atoms. The second kappa shape index (κ2) is 7.23. The highest BCUT2D eigenvalue weighted by atomic mass is 16.1. The molecule has 1 aromatic heterocycles. The summed E-state index contributed by atoms with van der Waals surface area (Å²) in [6.07, 6.45) is 0.709. The Kier molecular flexibility index (Phi) is 4.48. The van der Waals surface area contributed by atoms with Crippen molar-refractivity contribution in [3.63, 3.8) is 0 Å². The van der Waals surface area contributed by atoms with Crippen molar-refractivity contribution >= 4 is 16.9 Å². The van der Waals surface area contributed by atoms with Gasteiger partial charge in [0.2, 0.25) is 0 Å². The fourth-order valence-corrected chi connectivity index (χ4v) is 2.94. The molecule has 0 unspecified atom stereocenters. The van der Waals surface area contributed by atoms with Crippen molar-refractivity contribution in [3.8, 4) is 0 Å². The fraction of sp³-hybridized carbons (Fsp3) is 0.0909. The third kappa shape index (κ3) is 3.64. The van der Waals surface area contributed by atoms with E-state index >= 15 is 0 Å². The van der Waals surface area contributed by atoms with E-state index < -0.39 is 0 Å². The summed E-state index contributed by atoms with van der Waals surface area (Å²) >= 11 is 0. The number of nitrogens with zero attached hydrogens (tertiary/aromatic N) is 1. The van der Waals surface area contributed by atoms with Crippen LogP contribution in [-0.4, -0.2) is 15.9 Å². The number of para-hydroxylation sites is 2. The molecule has 4 nitrogen and oxygen atoms in total. The van der Waals surface area contributed by atoms with Crippen LogP contribution < -0.4 is 5.32 Å². The number of rotatable bonds is 5. The fourth-order valence-electron chi connectivity index (χ4n) is 2.94. The summed E-state index contributed by atoms with van der Waals surface area (Å²) in [4.78, 5) is 20.2. The summed E-state index contributed by atoms with van der Waals surface area (Å²) in [7, 11) is 0. The third-order valence-electron chi connectivity index (χ3n) is 4.32. The quantitative estimate of drug-likeness (QED) is 0.574. The number of amides is 1. The number of aromatic amines is 1. The van der Waals surface area contributed by atoms with Crippen LogP contribution in [0, 0.1) is 0 Å². The Morgan fingerprint density at radius 3 is 2.35 bits per heavy atom. The van der Waals surface area contributed by atoms with Crippen LogP contribution in [0.3, 0.4) is 0 Å². The lowest BCUT2D eigenvalue weighted by Crippen LogP contribution is -2.22. The monoisotopic (exact) mass is 341 g/mol. The van der Waals surface area contributed by atoms with Crippen LogP contribution in [0.5, 0.6) is 0 Å². The van der Waals surface area contributed by atoms with Gasteiger partial charge in [0, 0.05) is 18.5 Å². The first-order valence-corrected chi connectivity index (χ1v) is 8.62. The van der Waals surface area contributed by atoms with Crippen molar-refractivity contribution in [1.29, 1.82) is 0 Å². The van der Waals surface area contributed by atoms with E-state index in [1.54, 1.807) is 0 Å². The largest absolute Gasteiger partial charge is 0.348 e. The standard InChI is InChI=1S/C22H19N3O/c26-22(23-15-17-6-2-1-3-7-17)18-12-10-16(11-13-18)14-21-24-19-8-4-5-9-20(19)25-21/h1-13H,14-15H2,(H,23,26)(H,24,25). The maximum absolute atomic E-state index is 12.3. The van der Waals surface area contributed by atoms with Gasteiger partial charge in [0.25, 0.3) is 5.91 Å². The van der Waals surface area contributed by atoms with E-state index in [2.05, 4.69) is 15.3 Å². The molecule has 3 aromatic carbocycles. The SMILES string of the molecule is O=C(NCc1ccccc1)c1ccc(Cc2nc3ccccc3[nH]2)cc1. The van der Waals surface area contributed by atoms with Crippen LogP contribution in [-0.2, 0) is 13.0 Å². The summed E-state index contributed by atoms with van der Waals surface area (Å²) in [5.41, 5.74) is 4.87. The number of carbonyl (C=O) groups excluding carboxylic acids is 1. The minimum absolute atomic E-state index is 0.0656. The van der Waals surface area contributed by atoms with Gasteiger partial charge >= 0.3 is 0 Å². The molecular weight excluding hydrogens is 322 g/mol. The average Bonchev–Trinajstić information content (AvgIpc) is 3.10. The topological polar surface area (TPSA) is 57.8 Å². The van der Waals surface area contributed by atoms with E-state index in [1.807, 2.05) is 78.9 Å². The molecule has 0 atom stereocenters. The Labute approximate surface area is 151 Å². The van der Waals surface area contributed by atoms with Crippen molar-refractivity contribution in [2.24, 2.45) is 0 Å². The molecule has 0 aliphatic heterocycles. The molecular formula is C22H19N3O. The second-order valence-corrected chi connectivity index (χ2v) is 6.24. The molecule has 0 fully saturated rings. The summed E-state index contributed by atoms with van der Waals surface area (Å²) < 4.78 is 0. The van der Waals surface area contributed by atoms with E-state index in [4.69, 9.17) is 0 Å². The van der Waals surface area contributed by atoms with Gasteiger partial charge in [-0.3, -0.25) is 4.79 Å². The molecule has 128 valence electrons. The molecule has 0 spiro atoms. The first kappa shape index (κ1) is 16.1. The van der Waals surface area contributed by atoms with E-state index in [-0.39, 0.29) is 5.91 Å². The maximum Gasteiger partial charge on any atom is 0.251 e. The molecule has 0 saturated heterocycles. The summed E-state index contributed by atoms with van der Waals surface area (Å²) in [6, 6.07) is 25.6. The van der Waals surface area contributed by atoms with Gasteiger partial charge in [-0.25, -0.2) is 4.98 Å². The van der Waals surface area contributed by atoms with Gasteiger partial charge in [0.05, 0.1) is 11.0 Å². The summed E-state index contributed by atoms with van der Waals surface area (Å²) in [6.45, 7) is 0.528. The van der Waals surface area contributed by atoms with Crippen molar-refractivity contribution in [3.05, 3.63) is 101 Å². The van der Waals surface area contributed by atoms with Crippen molar-refractivity contribution in [1.82, 2.24) is 15.3 Å². The molecule has 1 amide bonds. The van der Waals surface area contributed by atoms with Crippen molar-refractivity contribution in [2.75, 3.05) is 0 Å². The first-order valence-electron chi connectivity index (χ1n) is 8.62. The Bertz CT molecular complexity index is 987. The molecule has 4 heteroatoms. The van der Waals surface area contributed by atoms with Crippen LogP contribution in [0.15, 0.2) is 78.9 Å². The second-order valence-electron chi connectivity index (χ2n) is 6.24. The van der Waals surface area contributed by atoms with Crippen LogP contribution in [0.2, 0.25) is 0 Å². The first-order chi connectivity index (χ1) is 12.8. The van der Waals surface area contributed by atoms with Gasteiger partial charge in [0.15, 0.2) is 0 Å². The van der Waals surface area contributed by atoms with E-state index in [1.165, 1.54) is 0 Å². The van der Waals surface area contributed by atoms with Crippen molar-refractivity contribution < 1.29 is 4.79 Å². The van der Waals surface area contributed by atoms with Gasteiger partial charge in [0.1, 0.15) is 5.82 Å². The molecule has 26 heavy (non-hydrogen) atoms. The Hall–Kier alpha value is -3.40. The van der Waals surface area contributed by atoms with Crippen LogP contribution in [0.25, 0.3) is 11.0 Å². The predicted octanol–water partition coefficient (Wildman–Crippen LogP) is 4.08. The molecule has 0 aliphatic rings. The number of hydrogen-bond donors (Lipinski definition) is 2. The maximum atomic E-state index is 12.3. The zero-order valence-corrected chi connectivity index (χ0v) is 14.3. The van der Waals surface area contributed by atoms with Gasteiger partial charge in [-0.05, 0) is 35.4 Å². The minimum Gasteiger partial charge on any atom is -0.348 e. The molecule has 0 saturated carbocycles. The number of aromatic nitrogens is 2. The normalized spacial score (nSPS) is 10.8. The molecule has 4 aromatic rings. The lowest BCUT2D eigenvalue weighted by molar-refractivity contribution is 0.0951. The molecule has 2 N–H and O–H groups in total. The number of nitrogens with one attached hydrogen (secondary N) is 2. The van der Waals surface area contributed by atoms with Crippen molar-refractivity contribution in [2.45, 2.75) is 13.0 Å². The number of H-pyrrole nitrogens is 1. The van der Waals surface area contributed by atoms with Gasteiger partial charge < -0.3 is 10.3 Å². The Morgan fingerprint density at radius 2 is 1.58 bits per heavy atom. The predicted molar refractivity (Wildman–Crippen MR) is 103 cm³/mol. The summed E-state index contributed by atoms with van der Waals surface area (Å²) in [5.74, 6) is 0.858. The third-order valence-corrected chi connectivity index (χ3v) is 4.32. The average molecular weight is 341 g/mol. The molecule has 0 radical (unpaired) electrons. The number of benzene rings is 3. The highest BCUT2D eigenvalue weighted by molar-refractivity contribution is 5.94. The van der Waals surface area contributed by atoms with Crippen LogP contribution in [0.1, 0.15) is 27.3 Å². The number of carbonyl (C=O) groups is 1. The van der Waals surface area contributed by atoms with Gasteiger partial charge in [-0.2, -0.15) is 0 Å². The van der Waals surface area contributed by atoms with Crippen LogP contribution >= 0.6 is 0 Å². The van der Waals surface area contributed by atoms with E-state index in [0.717, 1.165) is 28.0 Å². The highest BCUT2D eigenvalue weighted by Gasteiger charge is 2.07. The zero-order valence-electron chi connectivity index (χ0n) is 14.3. The minimum atomic E-state index is -0.0656. The lowest BCUT2D eigenvalue weighted by Gasteiger charge is -2.06. The van der Waals surface area contributed by atoms with E-state index in [0.29, 0.717) is 18.5 Å². The van der Waals surface area contributed by atoms with Gasteiger partial charge in [-0.15, -0.1) is 0 Å². The number of imidazole rings is 1. The smallest absolute Gasteiger partial charge is 0.251 e. The Balaban J connectivity index is 1.40. The Morgan fingerprint density at radius 1 is 0.846 bits per heavy atom. The highest BCUT2D eigenvalue weighted by Crippen LogP contribution is 2.14. The number of fused-ring (bicyclic) bond motifs is 1. The molecule has 4 rings (SSSR count). The van der Waals surface area contributed by atoms with Crippen LogP contribution in [0.4, 0.5) is 0 Å². The molecule has 0 aliphatic carbocycles. The molecule has 1 heterocycles. The number of hydrogen-bond acceptors (Lipinski definition) is 2. The van der Waals surface area contributed by atoms with Gasteiger partial charge in [-0.1, -0.05) is 54.6 Å². The lowest BCUT2D eigenvalue weighted by atomic mass is 10.1. The zero-order chi connectivity index (χ0) is 17.8. The summed E-state index contributed by atoms with van der Waals surface area (Å²) in [5, 5.41) is 2.94.